The Morgan fingerprint density at radius 3 is 2.88 bits per heavy atom. The highest BCUT2D eigenvalue weighted by atomic mass is 16.5. The van der Waals surface area contributed by atoms with Crippen LogP contribution in [-0.2, 0) is 4.74 Å². The van der Waals surface area contributed by atoms with Crippen LogP contribution in [-0.4, -0.2) is 26.3 Å². The minimum atomic E-state index is 0.614. The molecule has 0 aliphatic heterocycles. The zero-order chi connectivity index (χ0) is 5.82. The smallest absolute Gasteiger partial charge is 0.0594 e. The fraction of sp³-hybridized carbons (Fsp3) is 1.00. The van der Waals surface area contributed by atoms with Gasteiger partial charge in [-0.3, -0.25) is 0 Å². The molecule has 0 aromatic carbocycles. The molecule has 2 heteroatoms. The average molecular weight is 115 g/mol. The van der Waals surface area contributed by atoms with E-state index in [4.69, 9.17) is 4.74 Å². The lowest BCUT2D eigenvalue weighted by Crippen LogP contribution is -2.14. The summed E-state index contributed by atoms with van der Waals surface area (Å²) in [6.45, 7) is 1.86. The standard InChI is InChI=1S/C6H13NO/c1-7-4-5-8-6-2-3-6/h6-7H,2-5H2,1H3. The Bertz CT molecular complexity index is 61.5. The maximum atomic E-state index is 5.33. The molecule has 48 valence electrons. The van der Waals surface area contributed by atoms with Crippen molar-refractivity contribution in [2.75, 3.05) is 20.2 Å². The van der Waals surface area contributed by atoms with Crippen LogP contribution in [0.25, 0.3) is 0 Å². The van der Waals surface area contributed by atoms with Crippen molar-refractivity contribution in [3.63, 3.8) is 0 Å². The van der Waals surface area contributed by atoms with Crippen LogP contribution >= 0.6 is 0 Å². The molecule has 1 aliphatic carbocycles. The van der Waals surface area contributed by atoms with Gasteiger partial charge in [0.05, 0.1) is 12.7 Å². The van der Waals surface area contributed by atoms with Crippen molar-refractivity contribution in [2.24, 2.45) is 0 Å². The van der Waals surface area contributed by atoms with Gasteiger partial charge < -0.3 is 10.1 Å². The highest BCUT2D eigenvalue weighted by Crippen LogP contribution is 2.22. The maximum absolute atomic E-state index is 5.33. The monoisotopic (exact) mass is 115 g/mol. The Balaban J connectivity index is 1.74. The van der Waals surface area contributed by atoms with Crippen molar-refractivity contribution in [2.45, 2.75) is 18.9 Å². The lowest BCUT2D eigenvalue weighted by molar-refractivity contribution is 0.123. The first kappa shape index (κ1) is 6.05. The Hall–Kier alpha value is -0.0800. The average Bonchev–Trinajstić information content (AvgIpc) is 2.51. The van der Waals surface area contributed by atoms with E-state index in [1.807, 2.05) is 7.05 Å². The third-order valence-corrected chi connectivity index (χ3v) is 1.23. The predicted octanol–water partition coefficient (Wildman–Crippen LogP) is 0.385. The normalized spacial score (nSPS) is 19.1. The van der Waals surface area contributed by atoms with Crippen LogP contribution in [0, 0.1) is 0 Å². The van der Waals surface area contributed by atoms with Crippen LogP contribution in [0.3, 0.4) is 0 Å². The lowest BCUT2D eigenvalue weighted by Gasteiger charge is -1.98. The molecule has 0 amide bonds. The summed E-state index contributed by atoms with van der Waals surface area (Å²) in [4.78, 5) is 0. The summed E-state index contributed by atoms with van der Waals surface area (Å²) in [6.07, 6.45) is 3.18. The molecule has 0 atom stereocenters. The molecule has 1 saturated carbocycles. The van der Waals surface area contributed by atoms with Gasteiger partial charge in [-0.2, -0.15) is 0 Å². The first-order chi connectivity index (χ1) is 3.93. The van der Waals surface area contributed by atoms with E-state index < -0.39 is 0 Å². The van der Waals surface area contributed by atoms with Crippen molar-refractivity contribution in [3.05, 3.63) is 0 Å². The summed E-state index contributed by atoms with van der Waals surface area (Å²) in [5, 5.41) is 3.03. The molecule has 0 spiro atoms. The largest absolute Gasteiger partial charge is 0.377 e. The van der Waals surface area contributed by atoms with Gasteiger partial charge >= 0.3 is 0 Å². The molecular formula is C6H13NO. The number of hydrogen-bond donors (Lipinski definition) is 1. The third kappa shape index (κ3) is 2.28. The second-order valence-electron chi connectivity index (χ2n) is 2.17. The van der Waals surface area contributed by atoms with E-state index in [1.165, 1.54) is 12.8 Å². The molecule has 1 fully saturated rings. The van der Waals surface area contributed by atoms with Gasteiger partial charge in [0, 0.05) is 6.54 Å². The highest BCUT2D eigenvalue weighted by molar-refractivity contribution is 4.72. The van der Waals surface area contributed by atoms with E-state index in [1.54, 1.807) is 0 Å². The summed E-state index contributed by atoms with van der Waals surface area (Å²) in [5.74, 6) is 0. The van der Waals surface area contributed by atoms with Crippen LogP contribution < -0.4 is 5.32 Å². The molecule has 1 rings (SSSR count). The van der Waals surface area contributed by atoms with E-state index in [-0.39, 0.29) is 0 Å². The number of nitrogens with one attached hydrogen (secondary N) is 1. The van der Waals surface area contributed by atoms with Crippen LogP contribution in [0.15, 0.2) is 0 Å². The zero-order valence-electron chi connectivity index (χ0n) is 5.31. The van der Waals surface area contributed by atoms with Crippen molar-refractivity contribution >= 4 is 0 Å². The summed E-state index contributed by atoms with van der Waals surface area (Å²) in [7, 11) is 1.94. The van der Waals surface area contributed by atoms with Gasteiger partial charge in [0.1, 0.15) is 0 Å². The van der Waals surface area contributed by atoms with Crippen molar-refractivity contribution in [1.82, 2.24) is 5.32 Å². The summed E-state index contributed by atoms with van der Waals surface area (Å²) >= 11 is 0. The predicted molar refractivity (Wildman–Crippen MR) is 32.9 cm³/mol. The molecule has 0 aromatic rings. The topological polar surface area (TPSA) is 21.3 Å². The quantitative estimate of drug-likeness (QED) is 0.535. The van der Waals surface area contributed by atoms with E-state index in [0.29, 0.717) is 6.10 Å². The number of hydrogen-bond acceptors (Lipinski definition) is 2. The first-order valence-corrected chi connectivity index (χ1v) is 3.19. The van der Waals surface area contributed by atoms with Gasteiger partial charge in [0.15, 0.2) is 0 Å². The molecule has 0 radical (unpaired) electrons. The Labute approximate surface area is 50.2 Å². The summed E-state index contributed by atoms with van der Waals surface area (Å²) in [5.41, 5.74) is 0. The molecule has 0 unspecified atom stereocenters. The molecular weight excluding hydrogens is 102 g/mol. The second kappa shape index (κ2) is 3.05. The van der Waals surface area contributed by atoms with Gasteiger partial charge in [-0.05, 0) is 19.9 Å². The number of likely N-dealkylation sites (N-methyl/N-ethyl adjacent to an activating group) is 1. The zero-order valence-corrected chi connectivity index (χ0v) is 5.31. The molecule has 0 bridgehead atoms. The van der Waals surface area contributed by atoms with Crippen LogP contribution in [0.2, 0.25) is 0 Å². The number of ether oxygens (including phenoxy) is 1. The first-order valence-electron chi connectivity index (χ1n) is 3.19. The summed E-state index contributed by atoms with van der Waals surface area (Å²) < 4.78 is 5.33. The Morgan fingerprint density at radius 2 is 2.38 bits per heavy atom. The van der Waals surface area contributed by atoms with E-state index in [0.717, 1.165) is 13.2 Å². The molecule has 0 heterocycles. The van der Waals surface area contributed by atoms with E-state index in [9.17, 15) is 0 Å². The van der Waals surface area contributed by atoms with Crippen molar-refractivity contribution in [3.8, 4) is 0 Å². The molecule has 0 saturated heterocycles. The maximum Gasteiger partial charge on any atom is 0.0594 e. The Kier molecular flexibility index (Phi) is 2.30. The molecule has 1 N–H and O–H groups in total. The van der Waals surface area contributed by atoms with E-state index in [2.05, 4.69) is 5.32 Å². The van der Waals surface area contributed by atoms with Crippen molar-refractivity contribution < 1.29 is 4.74 Å². The number of rotatable bonds is 4. The van der Waals surface area contributed by atoms with Gasteiger partial charge in [0.2, 0.25) is 0 Å². The second-order valence-corrected chi connectivity index (χ2v) is 2.17. The third-order valence-electron chi connectivity index (χ3n) is 1.23. The molecule has 8 heavy (non-hydrogen) atoms. The fourth-order valence-electron chi connectivity index (χ4n) is 0.562. The summed E-state index contributed by atoms with van der Waals surface area (Å²) in [6, 6.07) is 0. The van der Waals surface area contributed by atoms with Gasteiger partial charge in [-0.25, -0.2) is 0 Å². The molecule has 1 aliphatic rings. The van der Waals surface area contributed by atoms with Gasteiger partial charge in [-0.1, -0.05) is 0 Å². The fourth-order valence-corrected chi connectivity index (χ4v) is 0.562. The lowest BCUT2D eigenvalue weighted by atomic mass is 10.7. The Morgan fingerprint density at radius 1 is 1.62 bits per heavy atom. The van der Waals surface area contributed by atoms with Crippen LogP contribution in [0.1, 0.15) is 12.8 Å². The molecule has 2 nitrogen and oxygen atoms in total. The van der Waals surface area contributed by atoms with Gasteiger partial charge in [-0.15, -0.1) is 0 Å². The SMILES string of the molecule is CNCCOC1CC1. The van der Waals surface area contributed by atoms with Crippen LogP contribution in [0.5, 0.6) is 0 Å². The highest BCUT2D eigenvalue weighted by Gasteiger charge is 2.21. The van der Waals surface area contributed by atoms with Crippen molar-refractivity contribution in [1.29, 1.82) is 0 Å². The van der Waals surface area contributed by atoms with Gasteiger partial charge in [0.25, 0.3) is 0 Å². The minimum absolute atomic E-state index is 0.614. The van der Waals surface area contributed by atoms with E-state index >= 15 is 0 Å². The molecule has 0 aromatic heterocycles. The van der Waals surface area contributed by atoms with Crippen LogP contribution in [0.4, 0.5) is 0 Å². The minimum Gasteiger partial charge on any atom is -0.377 e.